The lowest BCUT2D eigenvalue weighted by atomic mass is 10.1. The molecule has 0 radical (unpaired) electrons. The van der Waals surface area contributed by atoms with Gasteiger partial charge in [0.1, 0.15) is 0 Å². The minimum absolute atomic E-state index is 0.106. The van der Waals surface area contributed by atoms with Gasteiger partial charge >= 0.3 is 0 Å². The first kappa shape index (κ1) is 11.1. The Morgan fingerprint density at radius 2 is 2.24 bits per heavy atom. The zero-order valence-corrected chi connectivity index (χ0v) is 10.1. The molecule has 0 amide bonds. The molecule has 4 heteroatoms. The summed E-state index contributed by atoms with van der Waals surface area (Å²) in [6, 6.07) is 4.09. The molecule has 0 atom stereocenters. The van der Waals surface area contributed by atoms with Gasteiger partial charge in [0.05, 0.1) is 11.3 Å². The number of rotatable bonds is 4. The van der Waals surface area contributed by atoms with E-state index >= 15 is 0 Å². The van der Waals surface area contributed by atoms with Crippen molar-refractivity contribution >= 4 is 22.6 Å². The number of hydrogen-bond acceptors (Lipinski definition) is 2. The summed E-state index contributed by atoms with van der Waals surface area (Å²) in [6.45, 7) is 0.906. The summed E-state index contributed by atoms with van der Waals surface area (Å²) in [5.74, 6) is -0.467. The zero-order chi connectivity index (χ0) is 11.8. The Bertz CT molecular complexity index is 548. The van der Waals surface area contributed by atoms with Crippen LogP contribution in [-0.2, 0) is 6.42 Å². The van der Waals surface area contributed by atoms with Gasteiger partial charge < -0.3 is 9.73 Å². The van der Waals surface area contributed by atoms with Crippen LogP contribution in [0.5, 0.6) is 0 Å². The van der Waals surface area contributed by atoms with Crippen LogP contribution in [0, 0.1) is 5.82 Å². The van der Waals surface area contributed by atoms with Crippen LogP contribution in [0.4, 0.5) is 4.39 Å². The average molecular weight is 254 g/mol. The molecule has 90 valence electrons. The maximum Gasteiger partial charge on any atom is 0.184 e. The van der Waals surface area contributed by atoms with Crippen LogP contribution < -0.4 is 5.32 Å². The Kier molecular flexibility index (Phi) is 2.81. The van der Waals surface area contributed by atoms with Crippen molar-refractivity contribution in [1.29, 1.82) is 0 Å². The quantitative estimate of drug-likeness (QED) is 0.902. The molecule has 1 aromatic heterocycles. The minimum Gasteiger partial charge on any atom is -0.461 e. The van der Waals surface area contributed by atoms with E-state index in [0.717, 1.165) is 23.9 Å². The van der Waals surface area contributed by atoms with Crippen LogP contribution in [0.1, 0.15) is 18.4 Å². The second kappa shape index (κ2) is 4.31. The molecule has 0 unspecified atom stereocenters. The first-order chi connectivity index (χ1) is 8.25. The van der Waals surface area contributed by atoms with Gasteiger partial charge in [0, 0.05) is 11.4 Å². The molecular weight excluding hydrogens is 241 g/mol. The lowest BCUT2D eigenvalue weighted by molar-refractivity contribution is 0.557. The molecule has 1 aliphatic rings. The molecule has 1 aliphatic carbocycles. The van der Waals surface area contributed by atoms with Gasteiger partial charge in [0.2, 0.25) is 0 Å². The predicted octanol–water partition coefficient (Wildman–Crippen LogP) is 3.52. The number of furan rings is 1. The monoisotopic (exact) mass is 253 g/mol. The third kappa shape index (κ3) is 2.17. The fourth-order valence-electron chi connectivity index (χ4n) is 1.99. The van der Waals surface area contributed by atoms with Crippen molar-refractivity contribution in [3.63, 3.8) is 0 Å². The maximum atomic E-state index is 13.6. The number of nitrogens with one attached hydrogen (secondary N) is 1. The Morgan fingerprint density at radius 3 is 3.00 bits per heavy atom. The summed E-state index contributed by atoms with van der Waals surface area (Å²) in [4.78, 5) is 0. The van der Waals surface area contributed by atoms with Crippen molar-refractivity contribution in [3.05, 3.63) is 34.8 Å². The van der Waals surface area contributed by atoms with Crippen LogP contribution in [0.2, 0.25) is 5.02 Å². The molecule has 2 nitrogen and oxygen atoms in total. The van der Waals surface area contributed by atoms with E-state index in [2.05, 4.69) is 5.32 Å². The molecule has 0 aliphatic heterocycles. The van der Waals surface area contributed by atoms with Crippen molar-refractivity contribution in [2.75, 3.05) is 6.54 Å². The molecule has 1 heterocycles. The van der Waals surface area contributed by atoms with E-state index in [1.54, 1.807) is 12.3 Å². The average Bonchev–Trinajstić information content (AvgIpc) is 3.04. The summed E-state index contributed by atoms with van der Waals surface area (Å²) in [7, 11) is 0. The summed E-state index contributed by atoms with van der Waals surface area (Å²) in [5, 5.41) is 4.35. The third-order valence-corrected chi connectivity index (χ3v) is 3.41. The highest BCUT2D eigenvalue weighted by Crippen LogP contribution is 2.28. The molecule has 1 saturated carbocycles. The number of halogens is 2. The van der Waals surface area contributed by atoms with Crippen LogP contribution in [0.3, 0.4) is 0 Å². The van der Waals surface area contributed by atoms with Gasteiger partial charge in [-0.05, 0) is 43.5 Å². The van der Waals surface area contributed by atoms with Crippen molar-refractivity contribution in [3.8, 4) is 0 Å². The first-order valence-corrected chi connectivity index (χ1v) is 6.21. The van der Waals surface area contributed by atoms with Gasteiger partial charge in [-0.2, -0.15) is 0 Å². The van der Waals surface area contributed by atoms with Gasteiger partial charge in [-0.15, -0.1) is 0 Å². The molecule has 0 bridgehead atoms. The lowest BCUT2D eigenvalue weighted by Crippen LogP contribution is -2.19. The SMILES string of the molecule is Fc1c(Cl)ccc2c(CCNC3CC3)coc12. The van der Waals surface area contributed by atoms with E-state index in [-0.39, 0.29) is 10.6 Å². The summed E-state index contributed by atoms with van der Waals surface area (Å²) in [5.41, 5.74) is 1.29. The van der Waals surface area contributed by atoms with Crippen LogP contribution in [0.25, 0.3) is 11.0 Å². The second-order valence-electron chi connectivity index (χ2n) is 4.48. The number of fused-ring (bicyclic) bond motifs is 1. The van der Waals surface area contributed by atoms with Gasteiger partial charge in [-0.3, -0.25) is 0 Å². The van der Waals surface area contributed by atoms with Crippen molar-refractivity contribution in [1.82, 2.24) is 5.32 Å². The molecule has 0 spiro atoms. The van der Waals surface area contributed by atoms with Gasteiger partial charge in [-0.1, -0.05) is 11.6 Å². The van der Waals surface area contributed by atoms with E-state index in [1.165, 1.54) is 12.8 Å². The molecule has 0 saturated heterocycles. The Balaban J connectivity index is 1.81. The fraction of sp³-hybridized carbons (Fsp3) is 0.385. The smallest absolute Gasteiger partial charge is 0.184 e. The van der Waals surface area contributed by atoms with Crippen LogP contribution in [0.15, 0.2) is 22.8 Å². The summed E-state index contributed by atoms with van der Waals surface area (Å²) >= 11 is 5.70. The van der Waals surface area contributed by atoms with Gasteiger partial charge in [0.15, 0.2) is 11.4 Å². The Hall–Kier alpha value is -1.06. The topological polar surface area (TPSA) is 25.2 Å². The van der Waals surface area contributed by atoms with E-state index in [4.69, 9.17) is 16.0 Å². The van der Waals surface area contributed by atoms with Crippen molar-refractivity contribution in [2.45, 2.75) is 25.3 Å². The molecular formula is C13H13ClFNO. The Labute approximate surface area is 104 Å². The first-order valence-electron chi connectivity index (χ1n) is 5.83. The maximum absolute atomic E-state index is 13.6. The number of benzene rings is 1. The van der Waals surface area contributed by atoms with E-state index < -0.39 is 5.82 Å². The number of hydrogen-bond donors (Lipinski definition) is 1. The van der Waals surface area contributed by atoms with Crippen LogP contribution >= 0.6 is 11.6 Å². The van der Waals surface area contributed by atoms with E-state index in [0.29, 0.717) is 6.04 Å². The minimum atomic E-state index is -0.467. The summed E-state index contributed by atoms with van der Waals surface area (Å²) < 4.78 is 18.9. The molecule has 1 aromatic carbocycles. The largest absolute Gasteiger partial charge is 0.461 e. The van der Waals surface area contributed by atoms with Gasteiger partial charge in [0.25, 0.3) is 0 Å². The predicted molar refractivity (Wildman–Crippen MR) is 65.9 cm³/mol. The van der Waals surface area contributed by atoms with Crippen LogP contribution in [-0.4, -0.2) is 12.6 Å². The van der Waals surface area contributed by atoms with Gasteiger partial charge in [-0.25, -0.2) is 4.39 Å². The highest BCUT2D eigenvalue weighted by atomic mass is 35.5. The third-order valence-electron chi connectivity index (χ3n) is 3.12. The molecule has 17 heavy (non-hydrogen) atoms. The Morgan fingerprint density at radius 1 is 1.41 bits per heavy atom. The molecule has 1 N–H and O–H groups in total. The second-order valence-corrected chi connectivity index (χ2v) is 4.88. The molecule has 1 fully saturated rings. The standard InChI is InChI=1S/C13H13ClFNO/c14-11-4-3-10-8(5-6-16-9-1-2-9)7-17-13(10)12(11)15/h3-4,7,9,16H,1-2,5-6H2. The zero-order valence-electron chi connectivity index (χ0n) is 9.30. The van der Waals surface area contributed by atoms with Crippen molar-refractivity contribution in [2.24, 2.45) is 0 Å². The normalized spacial score (nSPS) is 15.6. The van der Waals surface area contributed by atoms with E-state index in [9.17, 15) is 4.39 Å². The molecule has 2 aromatic rings. The van der Waals surface area contributed by atoms with Crippen molar-refractivity contribution < 1.29 is 8.81 Å². The lowest BCUT2D eigenvalue weighted by Gasteiger charge is -2.01. The molecule has 3 rings (SSSR count). The summed E-state index contributed by atoms with van der Waals surface area (Å²) in [6.07, 6.45) is 5.02. The fourth-order valence-corrected chi connectivity index (χ4v) is 2.13. The highest BCUT2D eigenvalue weighted by Gasteiger charge is 2.20. The highest BCUT2D eigenvalue weighted by molar-refractivity contribution is 6.31. The van der Waals surface area contributed by atoms with E-state index in [1.807, 2.05) is 6.07 Å².